The Hall–Kier alpha value is -0.620. The lowest BCUT2D eigenvalue weighted by atomic mass is 9.87. The van der Waals surface area contributed by atoms with Gasteiger partial charge in [-0.1, -0.05) is 13.8 Å². The summed E-state index contributed by atoms with van der Waals surface area (Å²) in [5.74, 6) is -0.844. The number of hydrogen-bond acceptors (Lipinski definition) is 3. The molecule has 0 spiro atoms. The third-order valence-electron chi connectivity index (χ3n) is 2.98. The molecule has 0 atom stereocenters. The van der Waals surface area contributed by atoms with E-state index in [0.29, 0.717) is 25.7 Å². The van der Waals surface area contributed by atoms with Crippen LogP contribution in [0.15, 0.2) is 0 Å². The minimum atomic E-state index is -3.22. The maximum Gasteiger partial charge on any atom is 0.306 e. The summed E-state index contributed by atoms with van der Waals surface area (Å²) in [5.41, 5.74) is 0. The molecule has 0 aromatic carbocycles. The zero-order valence-electron chi connectivity index (χ0n) is 10.3. The predicted octanol–water partition coefficient (Wildman–Crippen LogP) is 1.21. The van der Waals surface area contributed by atoms with Crippen LogP contribution in [0.1, 0.15) is 39.5 Å². The van der Waals surface area contributed by atoms with Crippen LogP contribution in [0.3, 0.4) is 0 Å². The highest BCUT2D eigenvalue weighted by Gasteiger charge is 2.28. The minimum Gasteiger partial charge on any atom is -0.481 e. The lowest BCUT2D eigenvalue weighted by Gasteiger charge is -2.26. The van der Waals surface area contributed by atoms with Crippen molar-refractivity contribution in [2.75, 3.05) is 5.75 Å². The molecule has 0 saturated heterocycles. The van der Waals surface area contributed by atoms with Crippen molar-refractivity contribution in [3.63, 3.8) is 0 Å². The number of rotatable bonds is 5. The van der Waals surface area contributed by atoms with Crippen molar-refractivity contribution in [3.8, 4) is 0 Å². The smallest absolute Gasteiger partial charge is 0.306 e. The van der Waals surface area contributed by atoms with Crippen LogP contribution < -0.4 is 4.72 Å². The summed E-state index contributed by atoms with van der Waals surface area (Å²) >= 11 is 0. The highest BCUT2D eigenvalue weighted by atomic mass is 32.2. The molecule has 0 radical (unpaired) electrons. The van der Waals surface area contributed by atoms with Crippen molar-refractivity contribution in [2.45, 2.75) is 45.6 Å². The van der Waals surface area contributed by atoms with Gasteiger partial charge in [-0.3, -0.25) is 4.79 Å². The van der Waals surface area contributed by atoms with E-state index in [-0.39, 0.29) is 23.6 Å². The van der Waals surface area contributed by atoms with Crippen molar-refractivity contribution in [3.05, 3.63) is 0 Å². The van der Waals surface area contributed by atoms with Crippen LogP contribution in [0.25, 0.3) is 0 Å². The highest BCUT2D eigenvalue weighted by Crippen LogP contribution is 2.24. The number of carbonyl (C=O) groups is 1. The molecule has 5 nitrogen and oxygen atoms in total. The summed E-state index contributed by atoms with van der Waals surface area (Å²) < 4.78 is 26.1. The molecule has 0 amide bonds. The Balaban J connectivity index is 2.43. The monoisotopic (exact) mass is 263 g/mol. The number of carboxylic acids is 1. The van der Waals surface area contributed by atoms with E-state index in [1.165, 1.54) is 0 Å². The minimum absolute atomic E-state index is 0.0886. The van der Waals surface area contributed by atoms with E-state index in [9.17, 15) is 13.2 Å². The third-order valence-corrected chi connectivity index (χ3v) is 4.77. The van der Waals surface area contributed by atoms with Crippen LogP contribution in [-0.2, 0) is 14.8 Å². The Morgan fingerprint density at radius 3 is 2.24 bits per heavy atom. The molecule has 1 rings (SSSR count). The number of nitrogens with one attached hydrogen (secondary N) is 1. The van der Waals surface area contributed by atoms with Gasteiger partial charge in [-0.05, 0) is 31.6 Å². The van der Waals surface area contributed by atoms with Crippen molar-refractivity contribution >= 4 is 16.0 Å². The molecule has 1 aliphatic rings. The first kappa shape index (κ1) is 14.4. The van der Waals surface area contributed by atoms with Crippen LogP contribution in [0.4, 0.5) is 0 Å². The van der Waals surface area contributed by atoms with Crippen molar-refractivity contribution in [2.24, 2.45) is 11.8 Å². The van der Waals surface area contributed by atoms with Gasteiger partial charge in [0, 0.05) is 6.04 Å². The molecule has 17 heavy (non-hydrogen) atoms. The molecule has 0 aliphatic heterocycles. The normalized spacial score (nSPS) is 26.1. The number of hydrogen-bond donors (Lipinski definition) is 2. The first-order valence-corrected chi connectivity index (χ1v) is 7.68. The van der Waals surface area contributed by atoms with Gasteiger partial charge in [-0.2, -0.15) is 0 Å². The van der Waals surface area contributed by atoms with E-state index in [1.807, 2.05) is 13.8 Å². The van der Waals surface area contributed by atoms with Gasteiger partial charge in [-0.25, -0.2) is 13.1 Å². The van der Waals surface area contributed by atoms with Crippen molar-refractivity contribution in [1.82, 2.24) is 4.72 Å². The van der Waals surface area contributed by atoms with Gasteiger partial charge in [0.05, 0.1) is 11.7 Å². The zero-order valence-corrected chi connectivity index (χ0v) is 11.2. The average molecular weight is 263 g/mol. The van der Waals surface area contributed by atoms with E-state index in [0.717, 1.165) is 0 Å². The summed E-state index contributed by atoms with van der Waals surface area (Å²) in [6.07, 6.45) is 2.36. The Kier molecular flexibility index (Phi) is 4.94. The van der Waals surface area contributed by atoms with Crippen LogP contribution in [0, 0.1) is 11.8 Å². The maximum atomic E-state index is 11.7. The first-order valence-electron chi connectivity index (χ1n) is 6.03. The zero-order chi connectivity index (χ0) is 13.1. The fraction of sp³-hybridized carbons (Fsp3) is 0.909. The van der Waals surface area contributed by atoms with E-state index in [1.54, 1.807) is 0 Å². The summed E-state index contributed by atoms with van der Waals surface area (Å²) in [7, 11) is -3.22. The second kappa shape index (κ2) is 5.82. The summed E-state index contributed by atoms with van der Waals surface area (Å²) in [5, 5.41) is 8.84. The van der Waals surface area contributed by atoms with E-state index < -0.39 is 16.0 Å². The van der Waals surface area contributed by atoms with E-state index >= 15 is 0 Å². The lowest BCUT2D eigenvalue weighted by molar-refractivity contribution is -0.142. The number of carboxylic acid groups (broad SMARTS) is 1. The second-order valence-corrected chi connectivity index (χ2v) is 6.98. The predicted molar refractivity (Wildman–Crippen MR) is 65.1 cm³/mol. The molecule has 0 heterocycles. The maximum absolute atomic E-state index is 11.7. The van der Waals surface area contributed by atoms with Gasteiger partial charge in [0.15, 0.2) is 0 Å². The third kappa shape index (κ3) is 5.04. The molecule has 0 aromatic heterocycles. The van der Waals surface area contributed by atoms with Crippen LogP contribution >= 0.6 is 0 Å². The van der Waals surface area contributed by atoms with Crippen molar-refractivity contribution in [1.29, 1.82) is 0 Å². The summed E-state index contributed by atoms with van der Waals surface area (Å²) in [6.45, 7) is 3.72. The summed E-state index contributed by atoms with van der Waals surface area (Å²) in [4.78, 5) is 10.8. The molecule has 100 valence electrons. The quantitative estimate of drug-likeness (QED) is 0.781. The van der Waals surface area contributed by atoms with Crippen LogP contribution in [0.5, 0.6) is 0 Å². The highest BCUT2D eigenvalue weighted by molar-refractivity contribution is 7.89. The van der Waals surface area contributed by atoms with Gasteiger partial charge >= 0.3 is 5.97 Å². The largest absolute Gasteiger partial charge is 0.481 e. The molecule has 0 bridgehead atoms. The van der Waals surface area contributed by atoms with Gasteiger partial charge in [0.1, 0.15) is 0 Å². The first-order chi connectivity index (χ1) is 7.80. The Bertz CT molecular complexity index is 356. The SMILES string of the molecule is CC(C)CS(=O)(=O)NC1CCC(C(=O)O)CC1. The van der Waals surface area contributed by atoms with Gasteiger partial charge in [0.25, 0.3) is 0 Å². The molecule has 1 aliphatic carbocycles. The van der Waals surface area contributed by atoms with Crippen LogP contribution in [-0.4, -0.2) is 31.3 Å². The van der Waals surface area contributed by atoms with Gasteiger partial charge < -0.3 is 5.11 Å². The molecule has 6 heteroatoms. The van der Waals surface area contributed by atoms with Crippen LogP contribution in [0.2, 0.25) is 0 Å². The topological polar surface area (TPSA) is 83.5 Å². The summed E-state index contributed by atoms with van der Waals surface area (Å²) in [6, 6.07) is -0.0886. The molecule has 0 aromatic rings. The molecule has 0 unspecified atom stereocenters. The van der Waals surface area contributed by atoms with E-state index in [4.69, 9.17) is 5.11 Å². The standard InChI is InChI=1S/C11H21NO4S/c1-8(2)7-17(15,16)12-10-5-3-9(4-6-10)11(13)14/h8-10,12H,3-7H2,1-2H3,(H,13,14). The molecule has 1 saturated carbocycles. The van der Waals surface area contributed by atoms with E-state index in [2.05, 4.69) is 4.72 Å². The second-order valence-electron chi connectivity index (χ2n) is 5.18. The fourth-order valence-corrected chi connectivity index (χ4v) is 3.92. The molecular weight excluding hydrogens is 242 g/mol. The number of sulfonamides is 1. The Morgan fingerprint density at radius 1 is 1.29 bits per heavy atom. The molecular formula is C11H21NO4S. The van der Waals surface area contributed by atoms with Gasteiger partial charge in [-0.15, -0.1) is 0 Å². The molecule has 2 N–H and O–H groups in total. The van der Waals surface area contributed by atoms with Crippen molar-refractivity contribution < 1.29 is 18.3 Å². The van der Waals surface area contributed by atoms with Gasteiger partial charge in [0.2, 0.25) is 10.0 Å². The Labute approximate surface area is 103 Å². The lowest BCUT2D eigenvalue weighted by Crippen LogP contribution is -2.40. The molecule has 1 fully saturated rings. The average Bonchev–Trinajstić information content (AvgIpc) is 2.15. The number of aliphatic carboxylic acids is 1. The fourth-order valence-electron chi connectivity index (χ4n) is 2.20. The Morgan fingerprint density at radius 2 is 1.82 bits per heavy atom.